The molecule has 0 bridgehead atoms. The second-order valence-electron chi connectivity index (χ2n) is 5.53. The van der Waals surface area contributed by atoms with E-state index in [1.54, 1.807) is 0 Å². The van der Waals surface area contributed by atoms with Gasteiger partial charge in [0, 0.05) is 11.8 Å². The van der Waals surface area contributed by atoms with E-state index in [4.69, 9.17) is 10.7 Å². The molecule has 3 nitrogen and oxygen atoms in total. The van der Waals surface area contributed by atoms with Crippen LogP contribution in [-0.4, -0.2) is 15.9 Å². The van der Waals surface area contributed by atoms with Crippen molar-refractivity contribution in [1.82, 2.24) is 9.38 Å². The number of aryl methyl sites for hydroxylation is 3. The second-order valence-corrected chi connectivity index (χ2v) is 5.53. The molecule has 0 unspecified atom stereocenters. The van der Waals surface area contributed by atoms with Crippen molar-refractivity contribution in [2.45, 2.75) is 26.7 Å². The minimum atomic E-state index is 0.701. The summed E-state index contributed by atoms with van der Waals surface area (Å²) < 4.78 is 2.18. The van der Waals surface area contributed by atoms with Gasteiger partial charge in [-0.3, -0.25) is 0 Å². The monoisotopic (exact) mass is 279 g/mol. The van der Waals surface area contributed by atoms with Crippen LogP contribution in [-0.2, 0) is 6.42 Å². The first kappa shape index (κ1) is 13.8. The molecule has 0 saturated carbocycles. The highest BCUT2D eigenvalue weighted by Gasteiger charge is 2.13. The highest BCUT2D eigenvalue weighted by atomic mass is 15.0. The molecule has 108 valence electrons. The zero-order chi connectivity index (χ0) is 14.8. The van der Waals surface area contributed by atoms with Gasteiger partial charge in [-0.2, -0.15) is 0 Å². The maximum Gasteiger partial charge on any atom is 0.137 e. The Morgan fingerprint density at radius 3 is 2.71 bits per heavy atom. The molecule has 2 N–H and O–H groups in total. The number of pyridine rings is 1. The van der Waals surface area contributed by atoms with Gasteiger partial charge in [0.15, 0.2) is 0 Å². The van der Waals surface area contributed by atoms with Crippen LogP contribution in [0.5, 0.6) is 0 Å². The normalized spacial score (nSPS) is 11.2. The molecule has 0 atom stereocenters. The minimum absolute atomic E-state index is 0.701. The highest BCUT2D eigenvalue weighted by Crippen LogP contribution is 2.27. The standard InChI is InChI=1S/C18H21N3/c1-13-8-9-15(12-14(13)2)18-16(6-5-10-19)21-11-4-3-7-17(21)20-18/h3-4,7-9,11-12H,5-6,10,19H2,1-2H3. The zero-order valence-electron chi connectivity index (χ0n) is 12.6. The van der Waals surface area contributed by atoms with Gasteiger partial charge in [0.2, 0.25) is 0 Å². The third kappa shape index (κ3) is 2.57. The summed E-state index contributed by atoms with van der Waals surface area (Å²) in [5.74, 6) is 0. The van der Waals surface area contributed by atoms with E-state index in [0.29, 0.717) is 6.54 Å². The number of nitrogens with zero attached hydrogens (tertiary/aromatic N) is 2. The van der Waals surface area contributed by atoms with Gasteiger partial charge in [0.25, 0.3) is 0 Å². The summed E-state index contributed by atoms with van der Waals surface area (Å²) in [4.78, 5) is 4.83. The summed E-state index contributed by atoms with van der Waals surface area (Å²) in [6.07, 6.45) is 4.00. The van der Waals surface area contributed by atoms with Gasteiger partial charge in [-0.05, 0) is 62.6 Å². The van der Waals surface area contributed by atoms with Crippen LogP contribution in [0.4, 0.5) is 0 Å². The minimum Gasteiger partial charge on any atom is -0.330 e. The van der Waals surface area contributed by atoms with Crippen molar-refractivity contribution in [3.63, 3.8) is 0 Å². The highest BCUT2D eigenvalue weighted by molar-refractivity contribution is 5.67. The van der Waals surface area contributed by atoms with Crippen molar-refractivity contribution in [2.24, 2.45) is 5.73 Å². The Labute approximate surface area is 125 Å². The number of aromatic nitrogens is 2. The lowest BCUT2D eigenvalue weighted by Crippen LogP contribution is -2.03. The molecule has 3 heteroatoms. The molecule has 0 aliphatic heterocycles. The first-order chi connectivity index (χ1) is 10.2. The van der Waals surface area contributed by atoms with Crippen molar-refractivity contribution in [2.75, 3.05) is 6.54 Å². The maximum atomic E-state index is 5.69. The van der Waals surface area contributed by atoms with Gasteiger partial charge in [0.05, 0.1) is 11.4 Å². The van der Waals surface area contributed by atoms with Crippen molar-refractivity contribution >= 4 is 5.65 Å². The average molecular weight is 279 g/mol. The lowest BCUT2D eigenvalue weighted by atomic mass is 10.0. The molecule has 3 aromatic rings. The number of hydrogen-bond donors (Lipinski definition) is 1. The molecule has 2 aromatic heterocycles. The summed E-state index contributed by atoms with van der Waals surface area (Å²) in [5.41, 5.74) is 12.8. The van der Waals surface area contributed by atoms with Crippen LogP contribution in [0, 0.1) is 13.8 Å². The lowest BCUT2D eigenvalue weighted by molar-refractivity contribution is 0.804. The number of nitrogens with two attached hydrogens (primary N) is 1. The van der Waals surface area contributed by atoms with Gasteiger partial charge in [-0.15, -0.1) is 0 Å². The van der Waals surface area contributed by atoms with Crippen molar-refractivity contribution in [3.8, 4) is 11.3 Å². The third-order valence-electron chi connectivity index (χ3n) is 4.03. The molecule has 2 heterocycles. The largest absolute Gasteiger partial charge is 0.330 e. The van der Waals surface area contributed by atoms with Gasteiger partial charge >= 0.3 is 0 Å². The molecular weight excluding hydrogens is 258 g/mol. The van der Waals surface area contributed by atoms with Crippen molar-refractivity contribution in [1.29, 1.82) is 0 Å². The number of benzene rings is 1. The number of rotatable bonds is 4. The lowest BCUT2D eigenvalue weighted by Gasteiger charge is -2.07. The Bertz CT molecular complexity index is 771. The van der Waals surface area contributed by atoms with E-state index in [1.807, 2.05) is 12.1 Å². The number of hydrogen-bond acceptors (Lipinski definition) is 2. The molecule has 21 heavy (non-hydrogen) atoms. The van der Waals surface area contributed by atoms with Crippen LogP contribution in [0.1, 0.15) is 23.2 Å². The maximum absolute atomic E-state index is 5.69. The first-order valence-corrected chi connectivity index (χ1v) is 7.44. The Morgan fingerprint density at radius 2 is 1.95 bits per heavy atom. The quantitative estimate of drug-likeness (QED) is 0.794. The van der Waals surface area contributed by atoms with Crippen molar-refractivity contribution < 1.29 is 0 Å². The topological polar surface area (TPSA) is 43.3 Å². The van der Waals surface area contributed by atoms with E-state index in [-0.39, 0.29) is 0 Å². The Balaban J connectivity index is 2.17. The number of fused-ring (bicyclic) bond motifs is 1. The summed E-state index contributed by atoms with van der Waals surface area (Å²) in [7, 11) is 0. The second kappa shape index (κ2) is 5.70. The molecule has 0 amide bonds. The van der Waals surface area contributed by atoms with Gasteiger partial charge in [0.1, 0.15) is 5.65 Å². The fourth-order valence-electron chi connectivity index (χ4n) is 2.67. The van der Waals surface area contributed by atoms with Crippen LogP contribution in [0.3, 0.4) is 0 Å². The van der Waals surface area contributed by atoms with Crippen LogP contribution >= 0.6 is 0 Å². The van der Waals surface area contributed by atoms with Crippen LogP contribution < -0.4 is 5.73 Å². The molecule has 0 aliphatic rings. The van der Waals surface area contributed by atoms with E-state index < -0.39 is 0 Å². The Hall–Kier alpha value is -2.13. The van der Waals surface area contributed by atoms with Crippen LogP contribution in [0.2, 0.25) is 0 Å². The predicted molar refractivity (Wildman–Crippen MR) is 87.5 cm³/mol. The molecule has 3 rings (SSSR count). The molecule has 0 fully saturated rings. The van der Waals surface area contributed by atoms with Gasteiger partial charge in [-0.25, -0.2) is 4.98 Å². The first-order valence-electron chi connectivity index (χ1n) is 7.44. The average Bonchev–Trinajstić information content (AvgIpc) is 2.86. The van der Waals surface area contributed by atoms with E-state index >= 15 is 0 Å². The predicted octanol–water partition coefficient (Wildman–Crippen LogP) is 3.51. The summed E-state index contributed by atoms with van der Waals surface area (Å²) >= 11 is 0. The molecule has 0 aliphatic carbocycles. The molecule has 0 radical (unpaired) electrons. The smallest absolute Gasteiger partial charge is 0.137 e. The number of imidazole rings is 1. The molecule has 0 spiro atoms. The molecular formula is C18H21N3. The van der Waals surface area contributed by atoms with Crippen molar-refractivity contribution in [3.05, 3.63) is 59.4 Å². The summed E-state index contributed by atoms with van der Waals surface area (Å²) in [5, 5.41) is 0. The van der Waals surface area contributed by atoms with Crippen LogP contribution in [0.25, 0.3) is 16.9 Å². The SMILES string of the molecule is Cc1ccc(-c2nc3ccccn3c2CCCN)cc1C. The molecule has 0 saturated heterocycles. The Kier molecular flexibility index (Phi) is 3.76. The Morgan fingerprint density at radius 1 is 1.10 bits per heavy atom. The third-order valence-corrected chi connectivity index (χ3v) is 4.03. The van der Waals surface area contributed by atoms with E-state index in [0.717, 1.165) is 24.2 Å². The summed E-state index contributed by atoms with van der Waals surface area (Å²) in [6, 6.07) is 12.7. The molecule has 1 aromatic carbocycles. The van der Waals surface area contributed by atoms with Gasteiger partial charge < -0.3 is 10.1 Å². The fraction of sp³-hybridized carbons (Fsp3) is 0.278. The van der Waals surface area contributed by atoms with Gasteiger partial charge in [-0.1, -0.05) is 18.2 Å². The van der Waals surface area contributed by atoms with Crippen LogP contribution in [0.15, 0.2) is 42.6 Å². The zero-order valence-corrected chi connectivity index (χ0v) is 12.6. The summed E-state index contributed by atoms with van der Waals surface area (Å²) in [6.45, 7) is 4.98. The van der Waals surface area contributed by atoms with E-state index in [2.05, 4.69) is 48.7 Å². The van der Waals surface area contributed by atoms with E-state index in [1.165, 1.54) is 22.4 Å². The fourth-order valence-corrected chi connectivity index (χ4v) is 2.67. The van der Waals surface area contributed by atoms with E-state index in [9.17, 15) is 0 Å².